The molecule has 0 spiro atoms. The molecule has 68 heavy (non-hydrogen) atoms. The number of amides is 11. The minimum absolute atomic E-state index is 0.0597. The first-order valence-corrected chi connectivity index (χ1v) is 21.5. The zero-order chi connectivity index (χ0) is 52.7. The van der Waals surface area contributed by atoms with Crippen molar-refractivity contribution in [1.82, 2.24) is 42.5 Å². The number of aliphatic carboxylic acids is 2. The molecule has 0 aromatic carbocycles. The van der Waals surface area contributed by atoms with Gasteiger partial charge in [0.15, 0.2) is 0 Å². The molecular formula is C40H68N12O16. The average molecular weight is 973 g/mol. The van der Waals surface area contributed by atoms with Gasteiger partial charge in [-0.2, -0.15) is 0 Å². The molecule has 0 radical (unpaired) electrons. The molecule has 0 aliphatic rings. The molecule has 0 fully saturated rings. The molecule has 384 valence electrons. The van der Waals surface area contributed by atoms with Crippen molar-refractivity contribution < 1.29 is 77.6 Å². The van der Waals surface area contributed by atoms with E-state index in [0.29, 0.717) is 0 Å². The van der Waals surface area contributed by atoms with E-state index in [9.17, 15) is 77.6 Å². The third kappa shape index (κ3) is 23.0. The van der Waals surface area contributed by atoms with E-state index in [2.05, 4.69) is 37.2 Å². The highest BCUT2D eigenvalue weighted by molar-refractivity contribution is 5.99. The lowest BCUT2D eigenvalue weighted by Crippen LogP contribution is -2.61. The highest BCUT2D eigenvalue weighted by atomic mass is 16.4. The Morgan fingerprint density at radius 2 is 0.838 bits per heavy atom. The fourth-order valence-electron chi connectivity index (χ4n) is 6.03. The monoisotopic (exact) mass is 972 g/mol. The maximum absolute atomic E-state index is 13.9. The van der Waals surface area contributed by atoms with Crippen LogP contribution < -0.4 is 65.5 Å². The summed E-state index contributed by atoms with van der Waals surface area (Å²) in [5.74, 6) is -15.6. The summed E-state index contributed by atoms with van der Waals surface area (Å²) in [5.41, 5.74) is 21.0. The number of primary amides is 3. The first-order chi connectivity index (χ1) is 31.4. The van der Waals surface area contributed by atoms with E-state index >= 15 is 0 Å². The summed E-state index contributed by atoms with van der Waals surface area (Å²) in [6.07, 6.45) is -3.50. The number of aliphatic hydroxyl groups is 1. The predicted molar refractivity (Wildman–Crippen MR) is 236 cm³/mol. The number of hydrogen-bond acceptors (Lipinski definition) is 15. The molecule has 0 heterocycles. The SMILES string of the molecule is CC(C)C[C@H](NC(=O)[C@H](CCC(N)=O)NC(=O)[C@@H](NC(=O)[C@H](C)NC(=O)[C@H](CO)NC(=O)[C@@H](N)CC(N)=O)C(C)C)C(=O)N[C@H](C(=O)N[C@@H](CCC(=O)O)C(=O)N[C@@H](CC(N)=O)C(=O)O)C(C)C. The van der Waals surface area contributed by atoms with Gasteiger partial charge in [0.1, 0.15) is 48.3 Å². The summed E-state index contributed by atoms with van der Waals surface area (Å²) in [6, 6.07) is -13.8. The molecule has 9 atom stereocenters. The maximum Gasteiger partial charge on any atom is 0.326 e. The number of hydrogen-bond donors (Lipinski definition) is 15. The van der Waals surface area contributed by atoms with Gasteiger partial charge in [0.05, 0.1) is 25.5 Å². The molecule has 0 bridgehead atoms. The molecular weight excluding hydrogens is 905 g/mol. The molecule has 0 aromatic rings. The number of rotatable bonds is 32. The van der Waals surface area contributed by atoms with Crippen molar-refractivity contribution in [2.24, 2.45) is 40.7 Å². The minimum Gasteiger partial charge on any atom is -0.481 e. The van der Waals surface area contributed by atoms with Gasteiger partial charge in [-0.05, 0) is 43.9 Å². The van der Waals surface area contributed by atoms with Gasteiger partial charge < -0.3 is 80.8 Å². The number of carboxylic acids is 2. The zero-order valence-electron chi connectivity index (χ0n) is 39.0. The van der Waals surface area contributed by atoms with Gasteiger partial charge in [-0.1, -0.05) is 41.5 Å². The summed E-state index contributed by atoms with van der Waals surface area (Å²) in [4.78, 5) is 164. The molecule has 0 aromatic heterocycles. The Hall–Kier alpha value is -6.97. The fraction of sp³-hybridized carbons (Fsp3) is 0.675. The molecule has 19 N–H and O–H groups in total. The molecule has 0 rings (SSSR count). The van der Waals surface area contributed by atoms with Crippen LogP contribution in [0.5, 0.6) is 0 Å². The maximum atomic E-state index is 13.9. The number of carbonyl (C=O) groups excluding carboxylic acids is 11. The van der Waals surface area contributed by atoms with Gasteiger partial charge in [-0.3, -0.25) is 57.5 Å². The van der Waals surface area contributed by atoms with Crippen LogP contribution in [0.1, 0.15) is 93.4 Å². The first-order valence-electron chi connectivity index (χ1n) is 21.5. The van der Waals surface area contributed by atoms with E-state index < -0.39 is 188 Å². The van der Waals surface area contributed by atoms with Crippen LogP contribution >= 0.6 is 0 Å². The number of carbonyl (C=O) groups is 13. The number of nitrogens with one attached hydrogen (secondary N) is 8. The summed E-state index contributed by atoms with van der Waals surface area (Å²) < 4.78 is 0. The lowest BCUT2D eigenvalue weighted by molar-refractivity contribution is -0.144. The Morgan fingerprint density at radius 3 is 1.24 bits per heavy atom. The predicted octanol–water partition coefficient (Wildman–Crippen LogP) is -6.47. The van der Waals surface area contributed by atoms with Crippen LogP contribution in [0.3, 0.4) is 0 Å². The molecule has 0 saturated heterocycles. The molecule has 11 amide bonds. The van der Waals surface area contributed by atoms with Crippen molar-refractivity contribution in [2.45, 2.75) is 148 Å². The molecule has 0 aliphatic heterocycles. The zero-order valence-corrected chi connectivity index (χ0v) is 39.0. The van der Waals surface area contributed by atoms with E-state index in [-0.39, 0.29) is 12.3 Å². The highest BCUT2D eigenvalue weighted by Crippen LogP contribution is 2.12. The number of nitrogens with two attached hydrogens (primary N) is 4. The molecule has 28 heteroatoms. The van der Waals surface area contributed by atoms with Crippen LogP contribution in [0.2, 0.25) is 0 Å². The van der Waals surface area contributed by atoms with E-state index in [1.807, 2.05) is 5.32 Å². The number of aliphatic hydroxyl groups excluding tert-OH is 1. The summed E-state index contributed by atoms with van der Waals surface area (Å²) in [7, 11) is 0. The minimum atomic E-state index is -1.82. The van der Waals surface area contributed by atoms with Crippen molar-refractivity contribution in [3.63, 3.8) is 0 Å². The third-order valence-corrected chi connectivity index (χ3v) is 9.77. The Kier molecular flexibility index (Phi) is 26.6. The standard InChI is InChI=1S/C40H68N12O16/c1-16(2)12-23(36(63)52-31(18(5)6)39(66)47-22(9-11-29(57)58)35(62)49-24(40(67)68)14-28(44)56)48-34(61)21(8-10-26(42)54)46-38(65)30(17(3)4)51-32(59)19(7)45-37(64)25(15-53)50-33(60)20(41)13-27(43)55/h16-25,30-31,53H,8-15,41H2,1-7H3,(H2,42,54)(H2,43,55)(H2,44,56)(H,45,64)(H,46,65)(H,47,66)(H,48,61)(H,49,62)(H,50,60)(H,51,59)(H,52,63)(H,57,58)(H,67,68)/t19-,20-,21-,22-,23-,24-,25-,30-,31-/m0/s1. The normalized spacial score (nSPS) is 15.1. The van der Waals surface area contributed by atoms with Crippen molar-refractivity contribution in [3.05, 3.63) is 0 Å². The van der Waals surface area contributed by atoms with Gasteiger partial charge in [0.2, 0.25) is 65.0 Å². The third-order valence-electron chi connectivity index (χ3n) is 9.77. The van der Waals surface area contributed by atoms with E-state index in [1.54, 1.807) is 13.8 Å². The second-order valence-corrected chi connectivity index (χ2v) is 17.0. The Balaban J connectivity index is 6.36. The summed E-state index contributed by atoms with van der Waals surface area (Å²) in [5, 5.41) is 47.0. The largest absolute Gasteiger partial charge is 0.481 e. The smallest absolute Gasteiger partial charge is 0.326 e. The van der Waals surface area contributed by atoms with Crippen LogP contribution in [0.15, 0.2) is 0 Å². The lowest BCUT2D eigenvalue weighted by Gasteiger charge is -2.29. The van der Waals surface area contributed by atoms with Gasteiger partial charge in [-0.25, -0.2) is 4.79 Å². The van der Waals surface area contributed by atoms with E-state index in [4.69, 9.17) is 22.9 Å². The van der Waals surface area contributed by atoms with E-state index in [0.717, 1.165) is 0 Å². The molecule has 0 unspecified atom stereocenters. The van der Waals surface area contributed by atoms with Crippen LogP contribution in [-0.2, 0) is 62.3 Å². The summed E-state index contributed by atoms with van der Waals surface area (Å²) in [6.45, 7) is 9.74. The molecule has 0 aliphatic carbocycles. The van der Waals surface area contributed by atoms with Crippen molar-refractivity contribution in [2.75, 3.05) is 6.61 Å². The van der Waals surface area contributed by atoms with Crippen LogP contribution in [0.25, 0.3) is 0 Å². The summed E-state index contributed by atoms with van der Waals surface area (Å²) >= 11 is 0. The van der Waals surface area contributed by atoms with Crippen molar-refractivity contribution >= 4 is 76.9 Å². The Labute approximate surface area is 391 Å². The van der Waals surface area contributed by atoms with Crippen LogP contribution in [0, 0.1) is 17.8 Å². The lowest BCUT2D eigenvalue weighted by atomic mass is 9.98. The quantitative estimate of drug-likeness (QED) is 0.0298. The topological polar surface area (TPSA) is 483 Å². The second-order valence-electron chi connectivity index (χ2n) is 17.0. The van der Waals surface area contributed by atoms with Gasteiger partial charge in [-0.15, -0.1) is 0 Å². The Bertz CT molecular complexity index is 1860. The Morgan fingerprint density at radius 1 is 0.441 bits per heavy atom. The second kappa shape index (κ2) is 29.6. The first kappa shape index (κ1) is 61.0. The van der Waals surface area contributed by atoms with Crippen LogP contribution in [0.4, 0.5) is 0 Å². The van der Waals surface area contributed by atoms with Gasteiger partial charge >= 0.3 is 11.9 Å². The average Bonchev–Trinajstić information content (AvgIpc) is 3.21. The van der Waals surface area contributed by atoms with Crippen molar-refractivity contribution in [3.8, 4) is 0 Å². The van der Waals surface area contributed by atoms with Gasteiger partial charge in [0.25, 0.3) is 0 Å². The molecule has 28 nitrogen and oxygen atoms in total. The van der Waals surface area contributed by atoms with Crippen LogP contribution in [-0.4, -0.2) is 153 Å². The number of carboxylic acid groups (broad SMARTS) is 2. The van der Waals surface area contributed by atoms with Crippen molar-refractivity contribution in [1.29, 1.82) is 0 Å². The highest BCUT2D eigenvalue weighted by Gasteiger charge is 2.36. The fourth-order valence-corrected chi connectivity index (χ4v) is 6.03. The van der Waals surface area contributed by atoms with Gasteiger partial charge in [0, 0.05) is 12.8 Å². The van der Waals surface area contributed by atoms with E-state index in [1.165, 1.54) is 34.6 Å². The molecule has 0 saturated carbocycles.